The minimum absolute atomic E-state index is 0.753. The van der Waals surface area contributed by atoms with E-state index in [1.54, 1.807) is 0 Å². The van der Waals surface area contributed by atoms with Crippen molar-refractivity contribution in [3.8, 4) is 6.07 Å². The van der Waals surface area contributed by atoms with Gasteiger partial charge in [-0.05, 0) is 60.8 Å². The van der Waals surface area contributed by atoms with Crippen molar-refractivity contribution in [2.75, 3.05) is 0 Å². The van der Waals surface area contributed by atoms with Crippen molar-refractivity contribution in [2.24, 2.45) is 0 Å². The standard InChI is InChI=1S/C13H13N/c14-8-9-1-6-12-10-2-4-11(5-3-10)13(12)7-9/h1,6-7,10-11H,2-5H2. The van der Waals surface area contributed by atoms with Gasteiger partial charge in [-0.25, -0.2) is 0 Å². The molecule has 0 amide bonds. The number of hydrogen-bond acceptors (Lipinski definition) is 1. The molecule has 0 aromatic heterocycles. The summed E-state index contributed by atoms with van der Waals surface area (Å²) in [5.74, 6) is 1.55. The lowest BCUT2D eigenvalue weighted by atomic mass is 9.67. The molecule has 14 heavy (non-hydrogen) atoms. The van der Waals surface area contributed by atoms with Crippen LogP contribution in [0.1, 0.15) is 54.2 Å². The minimum atomic E-state index is 0.753. The average molecular weight is 183 g/mol. The maximum atomic E-state index is 8.86. The van der Waals surface area contributed by atoms with Crippen LogP contribution in [0, 0.1) is 11.3 Å². The Morgan fingerprint density at radius 3 is 2.29 bits per heavy atom. The van der Waals surface area contributed by atoms with E-state index in [9.17, 15) is 0 Å². The van der Waals surface area contributed by atoms with E-state index in [-0.39, 0.29) is 0 Å². The maximum absolute atomic E-state index is 8.86. The van der Waals surface area contributed by atoms with Crippen LogP contribution in [0.5, 0.6) is 0 Å². The molecule has 0 unspecified atom stereocenters. The molecule has 0 spiro atoms. The molecule has 1 aromatic carbocycles. The van der Waals surface area contributed by atoms with Gasteiger partial charge in [-0.2, -0.15) is 5.26 Å². The Morgan fingerprint density at radius 2 is 1.64 bits per heavy atom. The summed E-state index contributed by atoms with van der Waals surface area (Å²) >= 11 is 0. The van der Waals surface area contributed by atoms with Gasteiger partial charge in [0, 0.05) is 0 Å². The summed E-state index contributed by atoms with van der Waals surface area (Å²) in [6.45, 7) is 0. The minimum Gasteiger partial charge on any atom is -0.192 e. The van der Waals surface area contributed by atoms with E-state index in [4.69, 9.17) is 5.26 Å². The van der Waals surface area contributed by atoms with E-state index in [2.05, 4.69) is 18.2 Å². The summed E-state index contributed by atoms with van der Waals surface area (Å²) in [7, 11) is 0. The van der Waals surface area contributed by atoms with Gasteiger partial charge in [0.2, 0.25) is 0 Å². The lowest BCUT2D eigenvalue weighted by Crippen LogP contribution is -2.21. The molecule has 0 aliphatic heterocycles. The largest absolute Gasteiger partial charge is 0.192 e. The van der Waals surface area contributed by atoms with Crippen molar-refractivity contribution in [3.63, 3.8) is 0 Å². The highest BCUT2D eigenvalue weighted by Crippen LogP contribution is 2.49. The van der Waals surface area contributed by atoms with Crippen molar-refractivity contribution in [3.05, 3.63) is 34.9 Å². The molecule has 1 aromatic rings. The fourth-order valence-corrected chi connectivity index (χ4v) is 3.09. The molecule has 1 nitrogen and oxygen atoms in total. The van der Waals surface area contributed by atoms with Crippen LogP contribution in [0.25, 0.3) is 0 Å². The lowest BCUT2D eigenvalue weighted by molar-refractivity contribution is 0.358. The predicted octanol–water partition coefficient (Wildman–Crippen LogP) is 3.31. The van der Waals surface area contributed by atoms with Crippen molar-refractivity contribution < 1.29 is 0 Å². The molecular weight excluding hydrogens is 170 g/mol. The van der Waals surface area contributed by atoms with Crippen LogP contribution in [-0.4, -0.2) is 0 Å². The average Bonchev–Trinajstić information content (AvgIpc) is 2.30. The smallest absolute Gasteiger partial charge is 0.0991 e. The second-order valence-corrected chi connectivity index (χ2v) is 4.50. The van der Waals surface area contributed by atoms with E-state index in [0.717, 1.165) is 17.4 Å². The van der Waals surface area contributed by atoms with E-state index in [0.29, 0.717) is 0 Å². The number of benzene rings is 1. The second kappa shape index (κ2) is 2.85. The Morgan fingerprint density at radius 1 is 1.00 bits per heavy atom. The van der Waals surface area contributed by atoms with Gasteiger partial charge in [0.05, 0.1) is 11.6 Å². The molecule has 0 saturated heterocycles. The third-order valence-electron chi connectivity index (χ3n) is 3.82. The molecule has 0 radical (unpaired) electrons. The number of fused-ring (bicyclic) bond motifs is 2. The zero-order chi connectivity index (χ0) is 9.54. The summed E-state index contributed by atoms with van der Waals surface area (Å²) in [6.07, 6.45) is 5.41. The van der Waals surface area contributed by atoms with Crippen LogP contribution in [0.3, 0.4) is 0 Å². The molecule has 1 heteroatoms. The highest BCUT2D eigenvalue weighted by atomic mass is 14.4. The molecule has 2 bridgehead atoms. The number of nitrogens with zero attached hydrogens (tertiary/aromatic N) is 1. The Balaban J connectivity index is 2.16. The lowest BCUT2D eigenvalue weighted by Gasteiger charge is -2.38. The van der Waals surface area contributed by atoms with Crippen LogP contribution >= 0.6 is 0 Å². The van der Waals surface area contributed by atoms with Crippen molar-refractivity contribution in [1.82, 2.24) is 0 Å². The first-order valence-corrected chi connectivity index (χ1v) is 5.42. The summed E-state index contributed by atoms with van der Waals surface area (Å²) in [4.78, 5) is 0. The van der Waals surface area contributed by atoms with Gasteiger partial charge in [0.15, 0.2) is 0 Å². The Bertz CT molecular complexity index is 406. The fourth-order valence-electron chi connectivity index (χ4n) is 3.09. The van der Waals surface area contributed by atoms with Crippen molar-refractivity contribution >= 4 is 0 Å². The third-order valence-corrected chi connectivity index (χ3v) is 3.82. The Hall–Kier alpha value is -1.29. The molecule has 0 N–H and O–H groups in total. The van der Waals surface area contributed by atoms with Crippen LogP contribution in [0.2, 0.25) is 0 Å². The van der Waals surface area contributed by atoms with Crippen LogP contribution in [0.15, 0.2) is 18.2 Å². The van der Waals surface area contributed by atoms with Crippen molar-refractivity contribution in [1.29, 1.82) is 5.26 Å². The highest BCUT2D eigenvalue weighted by molar-refractivity contribution is 5.44. The zero-order valence-electron chi connectivity index (χ0n) is 8.16. The summed E-state index contributed by atoms with van der Waals surface area (Å²) < 4.78 is 0. The van der Waals surface area contributed by atoms with Gasteiger partial charge in [-0.15, -0.1) is 0 Å². The van der Waals surface area contributed by atoms with Gasteiger partial charge in [-0.3, -0.25) is 0 Å². The Labute approximate surface area is 84.4 Å². The molecular formula is C13H13N. The quantitative estimate of drug-likeness (QED) is 0.605. The maximum Gasteiger partial charge on any atom is 0.0991 e. The molecule has 70 valence electrons. The molecule has 3 aliphatic carbocycles. The van der Waals surface area contributed by atoms with E-state index < -0.39 is 0 Å². The Kier molecular flexibility index (Phi) is 1.64. The number of rotatable bonds is 0. The number of nitriles is 1. The molecule has 1 saturated carbocycles. The molecule has 1 fully saturated rings. The molecule has 0 heterocycles. The van der Waals surface area contributed by atoms with E-state index >= 15 is 0 Å². The fraction of sp³-hybridized carbons (Fsp3) is 0.462. The van der Waals surface area contributed by atoms with Gasteiger partial charge < -0.3 is 0 Å². The van der Waals surface area contributed by atoms with Gasteiger partial charge >= 0.3 is 0 Å². The third kappa shape index (κ3) is 1.00. The van der Waals surface area contributed by atoms with E-state index in [1.807, 2.05) is 6.07 Å². The monoisotopic (exact) mass is 183 g/mol. The van der Waals surface area contributed by atoms with Gasteiger partial charge in [0.1, 0.15) is 0 Å². The van der Waals surface area contributed by atoms with E-state index in [1.165, 1.54) is 36.8 Å². The predicted molar refractivity (Wildman–Crippen MR) is 55.1 cm³/mol. The summed E-state index contributed by atoms with van der Waals surface area (Å²) in [5.41, 5.74) is 3.84. The first-order valence-electron chi connectivity index (χ1n) is 5.42. The first kappa shape index (κ1) is 8.05. The van der Waals surface area contributed by atoms with Crippen LogP contribution < -0.4 is 0 Å². The SMILES string of the molecule is N#Cc1ccc2c(c1)C1CCC2CC1. The number of hydrogen-bond donors (Lipinski definition) is 0. The highest BCUT2D eigenvalue weighted by Gasteiger charge is 2.32. The van der Waals surface area contributed by atoms with Crippen molar-refractivity contribution in [2.45, 2.75) is 37.5 Å². The molecule has 0 atom stereocenters. The molecule has 4 rings (SSSR count). The second-order valence-electron chi connectivity index (χ2n) is 4.50. The van der Waals surface area contributed by atoms with Crippen LogP contribution in [0.4, 0.5) is 0 Å². The summed E-state index contributed by atoms with van der Waals surface area (Å²) in [5, 5.41) is 8.86. The normalized spacial score (nSPS) is 28.2. The zero-order valence-corrected chi connectivity index (χ0v) is 8.16. The van der Waals surface area contributed by atoms with Crippen LogP contribution in [-0.2, 0) is 0 Å². The van der Waals surface area contributed by atoms with Gasteiger partial charge in [-0.1, -0.05) is 6.07 Å². The van der Waals surface area contributed by atoms with Gasteiger partial charge in [0.25, 0.3) is 0 Å². The topological polar surface area (TPSA) is 23.8 Å². The summed E-state index contributed by atoms with van der Waals surface area (Å²) in [6, 6.07) is 8.51. The first-order chi connectivity index (χ1) is 6.88. The molecule has 3 aliphatic rings.